The second-order valence-corrected chi connectivity index (χ2v) is 4.63. The van der Waals surface area contributed by atoms with Gasteiger partial charge in [-0.1, -0.05) is 24.2 Å². The number of phenolic OH excluding ortho intramolecular Hbond substituents is 1. The van der Waals surface area contributed by atoms with Crippen LogP contribution in [0.4, 0.5) is 0 Å². The molecule has 0 saturated carbocycles. The molecule has 2 rings (SSSR count). The molecule has 0 aliphatic carbocycles. The van der Waals surface area contributed by atoms with Crippen molar-refractivity contribution in [1.29, 1.82) is 0 Å². The Kier molecular flexibility index (Phi) is 4.03. The van der Waals surface area contributed by atoms with Gasteiger partial charge in [-0.05, 0) is 18.6 Å². The quantitative estimate of drug-likeness (QED) is 0.826. The first kappa shape index (κ1) is 12.0. The molecule has 1 aromatic heterocycles. The molecule has 0 atom stereocenters. The van der Waals surface area contributed by atoms with Crippen LogP contribution in [0.5, 0.6) is 5.75 Å². The molecule has 1 heterocycles. The summed E-state index contributed by atoms with van der Waals surface area (Å²) >= 11 is 1.49. The van der Waals surface area contributed by atoms with Crippen LogP contribution in [0.1, 0.15) is 25.1 Å². The molecule has 0 amide bonds. The fourth-order valence-electron chi connectivity index (χ4n) is 1.39. The van der Waals surface area contributed by atoms with Gasteiger partial charge in [0.15, 0.2) is 5.82 Å². The van der Waals surface area contributed by atoms with Crippen molar-refractivity contribution in [3.63, 3.8) is 0 Å². The minimum atomic E-state index is 0.283. The Morgan fingerprint density at radius 1 is 1.35 bits per heavy atom. The van der Waals surface area contributed by atoms with Crippen molar-refractivity contribution in [2.24, 2.45) is 0 Å². The summed E-state index contributed by atoms with van der Waals surface area (Å²) in [5, 5.41) is 13.5. The van der Waals surface area contributed by atoms with E-state index in [1.54, 1.807) is 12.1 Å². The Morgan fingerprint density at radius 3 is 2.94 bits per heavy atom. The highest BCUT2D eigenvalue weighted by Crippen LogP contribution is 2.29. The third kappa shape index (κ3) is 3.23. The molecule has 17 heavy (non-hydrogen) atoms. The number of hydrogen-bond donors (Lipinski definition) is 1. The highest BCUT2D eigenvalue weighted by atomic mass is 32.2. The lowest BCUT2D eigenvalue weighted by molar-refractivity contribution is 0.384. The van der Waals surface area contributed by atoms with Crippen LogP contribution in [0.3, 0.4) is 0 Å². The lowest BCUT2D eigenvalue weighted by Gasteiger charge is -2.00. The fourth-order valence-corrected chi connectivity index (χ4v) is 2.18. The number of phenols is 1. The molecule has 1 aromatic carbocycles. The standard InChI is InChI=1S/C12H14N2O2S/c1-2-5-11-13-12(16-14-11)8-17-10-7-4-3-6-9(10)15/h3-4,6-7,15H,2,5,8H2,1H3. The van der Waals surface area contributed by atoms with Crippen molar-refractivity contribution in [2.75, 3.05) is 0 Å². The van der Waals surface area contributed by atoms with E-state index in [0.717, 1.165) is 23.6 Å². The number of benzene rings is 1. The van der Waals surface area contributed by atoms with Gasteiger partial charge in [0, 0.05) is 11.3 Å². The molecule has 4 nitrogen and oxygen atoms in total. The van der Waals surface area contributed by atoms with Gasteiger partial charge >= 0.3 is 0 Å². The van der Waals surface area contributed by atoms with Gasteiger partial charge in [-0.2, -0.15) is 4.98 Å². The van der Waals surface area contributed by atoms with Crippen molar-refractivity contribution in [3.05, 3.63) is 36.0 Å². The summed E-state index contributed by atoms with van der Waals surface area (Å²) in [6, 6.07) is 7.21. The maximum atomic E-state index is 9.59. The highest BCUT2D eigenvalue weighted by molar-refractivity contribution is 7.98. The van der Waals surface area contributed by atoms with Crippen LogP contribution in [0, 0.1) is 0 Å². The number of aromatic nitrogens is 2. The highest BCUT2D eigenvalue weighted by Gasteiger charge is 2.07. The predicted octanol–water partition coefficient (Wildman–Crippen LogP) is 3.02. The van der Waals surface area contributed by atoms with Gasteiger partial charge in [0.25, 0.3) is 0 Å². The summed E-state index contributed by atoms with van der Waals surface area (Å²) in [6.07, 6.45) is 1.84. The lowest BCUT2D eigenvalue weighted by Crippen LogP contribution is -1.86. The second-order valence-electron chi connectivity index (χ2n) is 3.61. The van der Waals surface area contributed by atoms with E-state index in [4.69, 9.17) is 4.52 Å². The van der Waals surface area contributed by atoms with Gasteiger partial charge in [-0.3, -0.25) is 0 Å². The average Bonchev–Trinajstić information content (AvgIpc) is 2.76. The van der Waals surface area contributed by atoms with E-state index in [9.17, 15) is 5.11 Å². The first-order chi connectivity index (χ1) is 8.29. The Morgan fingerprint density at radius 2 is 2.18 bits per heavy atom. The number of aryl methyl sites for hydroxylation is 1. The van der Waals surface area contributed by atoms with Crippen molar-refractivity contribution in [3.8, 4) is 5.75 Å². The number of rotatable bonds is 5. The van der Waals surface area contributed by atoms with Crippen LogP contribution in [-0.4, -0.2) is 15.2 Å². The minimum Gasteiger partial charge on any atom is -0.507 e. The third-order valence-corrected chi connectivity index (χ3v) is 3.25. The molecule has 0 radical (unpaired) electrons. The first-order valence-electron chi connectivity index (χ1n) is 5.52. The van der Waals surface area contributed by atoms with Gasteiger partial charge in [-0.25, -0.2) is 0 Å². The Balaban J connectivity index is 1.95. The monoisotopic (exact) mass is 250 g/mol. The maximum Gasteiger partial charge on any atom is 0.237 e. The van der Waals surface area contributed by atoms with Crippen molar-refractivity contribution >= 4 is 11.8 Å². The van der Waals surface area contributed by atoms with Crippen LogP contribution >= 0.6 is 11.8 Å². The zero-order chi connectivity index (χ0) is 12.1. The maximum absolute atomic E-state index is 9.59. The Labute approximate surface area is 104 Å². The van der Waals surface area contributed by atoms with E-state index in [2.05, 4.69) is 17.1 Å². The molecule has 0 bridgehead atoms. The first-order valence-corrected chi connectivity index (χ1v) is 6.50. The summed E-state index contributed by atoms with van der Waals surface area (Å²) in [6.45, 7) is 2.08. The number of nitrogens with zero attached hydrogens (tertiary/aromatic N) is 2. The molecule has 0 fully saturated rings. The molecule has 0 spiro atoms. The number of para-hydroxylation sites is 1. The molecular formula is C12H14N2O2S. The van der Waals surface area contributed by atoms with Crippen LogP contribution in [0.2, 0.25) is 0 Å². The van der Waals surface area contributed by atoms with Gasteiger partial charge in [0.05, 0.1) is 5.75 Å². The van der Waals surface area contributed by atoms with Gasteiger partial charge < -0.3 is 9.63 Å². The van der Waals surface area contributed by atoms with Crippen molar-refractivity contribution in [1.82, 2.24) is 10.1 Å². The third-order valence-electron chi connectivity index (χ3n) is 2.20. The number of hydrogen-bond acceptors (Lipinski definition) is 5. The van der Waals surface area contributed by atoms with Crippen LogP contribution < -0.4 is 0 Å². The normalized spacial score (nSPS) is 10.6. The summed E-state index contributed by atoms with van der Waals surface area (Å²) in [5.74, 6) is 2.21. The lowest BCUT2D eigenvalue weighted by atomic mass is 10.3. The van der Waals surface area contributed by atoms with E-state index in [1.165, 1.54) is 11.8 Å². The van der Waals surface area contributed by atoms with Crippen molar-refractivity contribution < 1.29 is 9.63 Å². The van der Waals surface area contributed by atoms with Crippen LogP contribution in [0.25, 0.3) is 0 Å². The van der Waals surface area contributed by atoms with E-state index in [1.807, 2.05) is 12.1 Å². The Bertz CT molecular complexity index is 485. The van der Waals surface area contributed by atoms with E-state index in [-0.39, 0.29) is 5.75 Å². The second kappa shape index (κ2) is 5.72. The molecule has 1 N–H and O–H groups in total. The van der Waals surface area contributed by atoms with Gasteiger partial charge in [0.2, 0.25) is 5.89 Å². The molecule has 0 aliphatic rings. The molecule has 2 aromatic rings. The molecular weight excluding hydrogens is 236 g/mol. The topological polar surface area (TPSA) is 59.2 Å². The SMILES string of the molecule is CCCc1noc(CSc2ccccc2O)n1. The smallest absolute Gasteiger partial charge is 0.237 e. The fraction of sp³-hybridized carbons (Fsp3) is 0.333. The molecule has 0 saturated heterocycles. The Hall–Kier alpha value is -1.49. The minimum absolute atomic E-state index is 0.283. The van der Waals surface area contributed by atoms with Crippen molar-refractivity contribution in [2.45, 2.75) is 30.4 Å². The zero-order valence-electron chi connectivity index (χ0n) is 9.59. The summed E-state index contributed by atoms with van der Waals surface area (Å²) < 4.78 is 5.12. The number of thioether (sulfide) groups is 1. The summed E-state index contributed by atoms with van der Waals surface area (Å²) in [5.41, 5.74) is 0. The summed E-state index contributed by atoms with van der Waals surface area (Å²) in [4.78, 5) is 5.09. The van der Waals surface area contributed by atoms with Gasteiger partial charge in [0.1, 0.15) is 5.75 Å². The van der Waals surface area contributed by atoms with E-state index >= 15 is 0 Å². The average molecular weight is 250 g/mol. The molecule has 0 aliphatic heterocycles. The molecule has 0 unspecified atom stereocenters. The van der Waals surface area contributed by atoms with E-state index < -0.39 is 0 Å². The van der Waals surface area contributed by atoms with Crippen LogP contribution in [0.15, 0.2) is 33.7 Å². The predicted molar refractivity (Wildman–Crippen MR) is 66.0 cm³/mol. The number of aromatic hydroxyl groups is 1. The zero-order valence-corrected chi connectivity index (χ0v) is 10.4. The molecule has 5 heteroatoms. The molecule has 90 valence electrons. The van der Waals surface area contributed by atoms with Gasteiger partial charge in [-0.15, -0.1) is 11.8 Å². The van der Waals surface area contributed by atoms with E-state index in [0.29, 0.717) is 11.6 Å². The largest absolute Gasteiger partial charge is 0.507 e. The van der Waals surface area contributed by atoms with Crippen LogP contribution in [-0.2, 0) is 12.2 Å². The summed E-state index contributed by atoms with van der Waals surface area (Å²) in [7, 11) is 0.